The second kappa shape index (κ2) is 5.17. The molecule has 2 fully saturated rings. The lowest BCUT2D eigenvalue weighted by atomic mass is 9.98. The minimum Gasteiger partial charge on any atom is -0.338 e. The van der Waals surface area contributed by atoms with Crippen LogP contribution in [-0.2, 0) is 4.79 Å². The van der Waals surface area contributed by atoms with Crippen molar-refractivity contribution in [3.8, 4) is 0 Å². The summed E-state index contributed by atoms with van der Waals surface area (Å²) in [4.78, 5) is 14.5. The Morgan fingerprint density at radius 2 is 2.12 bits per heavy atom. The third-order valence-electron chi connectivity index (χ3n) is 4.14. The van der Waals surface area contributed by atoms with Crippen LogP contribution in [0.5, 0.6) is 0 Å². The van der Waals surface area contributed by atoms with Gasteiger partial charge >= 0.3 is 0 Å². The van der Waals surface area contributed by atoms with Crippen molar-refractivity contribution in [2.45, 2.75) is 58.0 Å². The number of hydrogen-bond acceptors (Lipinski definition) is 2. The van der Waals surface area contributed by atoms with E-state index in [1.807, 2.05) is 0 Å². The van der Waals surface area contributed by atoms with E-state index in [2.05, 4.69) is 24.1 Å². The number of likely N-dealkylation sites (tertiary alicyclic amines) is 1. The van der Waals surface area contributed by atoms with Gasteiger partial charge in [-0.3, -0.25) is 4.79 Å². The SMILES string of the molecule is CCNC1CCCN(C2CCCC2C)C1=O. The molecule has 3 heteroatoms. The molecule has 0 radical (unpaired) electrons. The molecule has 1 amide bonds. The van der Waals surface area contributed by atoms with E-state index in [1.165, 1.54) is 19.3 Å². The Kier molecular flexibility index (Phi) is 3.85. The highest BCUT2D eigenvalue weighted by Gasteiger charge is 2.36. The first-order valence-electron chi connectivity index (χ1n) is 6.78. The van der Waals surface area contributed by atoms with Gasteiger partial charge in [-0.2, -0.15) is 0 Å². The molecule has 3 atom stereocenters. The average Bonchev–Trinajstić information content (AvgIpc) is 2.68. The molecule has 92 valence electrons. The summed E-state index contributed by atoms with van der Waals surface area (Å²) in [6.45, 7) is 6.24. The Hall–Kier alpha value is -0.570. The highest BCUT2D eigenvalue weighted by Crippen LogP contribution is 2.31. The van der Waals surface area contributed by atoms with Crippen molar-refractivity contribution >= 4 is 5.91 Å². The summed E-state index contributed by atoms with van der Waals surface area (Å²) in [5.74, 6) is 1.05. The van der Waals surface area contributed by atoms with Crippen molar-refractivity contribution in [3.63, 3.8) is 0 Å². The number of amides is 1. The van der Waals surface area contributed by atoms with Crippen molar-refractivity contribution in [2.24, 2.45) is 5.92 Å². The quantitative estimate of drug-likeness (QED) is 0.792. The molecule has 1 N–H and O–H groups in total. The summed E-state index contributed by atoms with van der Waals surface area (Å²) < 4.78 is 0. The Bertz CT molecular complexity index is 252. The van der Waals surface area contributed by atoms with Gasteiger partial charge in [0.15, 0.2) is 0 Å². The number of piperidine rings is 1. The van der Waals surface area contributed by atoms with Gasteiger partial charge in [0.1, 0.15) is 0 Å². The van der Waals surface area contributed by atoms with E-state index in [4.69, 9.17) is 0 Å². The Morgan fingerprint density at radius 1 is 1.31 bits per heavy atom. The number of rotatable bonds is 3. The molecule has 1 heterocycles. The molecule has 2 rings (SSSR count). The lowest BCUT2D eigenvalue weighted by Gasteiger charge is -2.38. The first kappa shape index (κ1) is 11.9. The number of carbonyl (C=O) groups excluding carboxylic acids is 1. The second-order valence-electron chi connectivity index (χ2n) is 5.26. The molecule has 1 aliphatic carbocycles. The number of carbonyl (C=O) groups is 1. The summed E-state index contributed by atoms with van der Waals surface area (Å²) in [5, 5.41) is 3.31. The van der Waals surface area contributed by atoms with Gasteiger partial charge in [0.25, 0.3) is 0 Å². The molecule has 1 saturated carbocycles. The molecule has 16 heavy (non-hydrogen) atoms. The molecular weight excluding hydrogens is 200 g/mol. The monoisotopic (exact) mass is 224 g/mol. The fourth-order valence-electron chi connectivity index (χ4n) is 3.25. The molecule has 0 spiro atoms. The van der Waals surface area contributed by atoms with E-state index in [-0.39, 0.29) is 6.04 Å². The summed E-state index contributed by atoms with van der Waals surface area (Å²) in [6.07, 6.45) is 5.98. The number of likely N-dealkylation sites (N-methyl/N-ethyl adjacent to an activating group) is 1. The Balaban J connectivity index is 2.00. The van der Waals surface area contributed by atoms with E-state index in [9.17, 15) is 4.79 Å². The predicted molar refractivity (Wildman–Crippen MR) is 65.2 cm³/mol. The van der Waals surface area contributed by atoms with E-state index in [1.54, 1.807) is 0 Å². The molecule has 3 nitrogen and oxygen atoms in total. The maximum Gasteiger partial charge on any atom is 0.239 e. The van der Waals surface area contributed by atoms with E-state index >= 15 is 0 Å². The third-order valence-corrected chi connectivity index (χ3v) is 4.14. The first-order valence-corrected chi connectivity index (χ1v) is 6.78. The van der Waals surface area contributed by atoms with Crippen molar-refractivity contribution in [2.75, 3.05) is 13.1 Å². The van der Waals surface area contributed by atoms with Crippen molar-refractivity contribution < 1.29 is 4.79 Å². The van der Waals surface area contributed by atoms with Gasteiger partial charge in [0.05, 0.1) is 6.04 Å². The minimum absolute atomic E-state index is 0.0894. The average molecular weight is 224 g/mol. The van der Waals surface area contributed by atoms with Crippen LogP contribution in [0.1, 0.15) is 46.0 Å². The maximum absolute atomic E-state index is 12.3. The van der Waals surface area contributed by atoms with Gasteiger partial charge in [-0.1, -0.05) is 20.3 Å². The molecule has 0 aromatic heterocycles. The van der Waals surface area contributed by atoms with Crippen LogP contribution in [0, 0.1) is 5.92 Å². The van der Waals surface area contributed by atoms with E-state index in [0.717, 1.165) is 25.9 Å². The van der Waals surface area contributed by atoms with Crippen LogP contribution in [0.2, 0.25) is 0 Å². The lowest BCUT2D eigenvalue weighted by molar-refractivity contribution is -0.139. The summed E-state index contributed by atoms with van der Waals surface area (Å²) in [5.41, 5.74) is 0. The van der Waals surface area contributed by atoms with Gasteiger partial charge in [-0.15, -0.1) is 0 Å². The fourth-order valence-corrected chi connectivity index (χ4v) is 3.25. The zero-order valence-corrected chi connectivity index (χ0v) is 10.5. The largest absolute Gasteiger partial charge is 0.338 e. The first-order chi connectivity index (χ1) is 7.74. The normalized spacial score (nSPS) is 35.8. The number of hydrogen-bond donors (Lipinski definition) is 1. The van der Waals surface area contributed by atoms with Crippen molar-refractivity contribution in [1.82, 2.24) is 10.2 Å². The number of nitrogens with zero attached hydrogens (tertiary/aromatic N) is 1. The molecule has 1 aliphatic heterocycles. The zero-order chi connectivity index (χ0) is 11.5. The van der Waals surface area contributed by atoms with E-state index < -0.39 is 0 Å². The standard InChI is InChI=1S/C13H24N2O/c1-3-14-11-7-5-9-15(13(11)16)12-8-4-6-10(12)2/h10-12,14H,3-9H2,1-2H3. The Labute approximate surface area is 98.6 Å². The van der Waals surface area contributed by atoms with Crippen molar-refractivity contribution in [3.05, 3.63) is 0 Å². The molecular formula is C13H24N2O. The fraction of sp³-hybridized carbons (Fsp3) is 0.923. The maximum atomic E-state index is 12.3. The zero-order valence-electron chi connectivity index (χ0n) is 10.5. The van der Waals surface area contributed by atoms with Crippen LogP contribution in [-0.4, -0.2) is 36.0 Å². The van der Waals surface area contributed by atoms with Crippen LogP contribution in [0.4, 0.5) is 0 Å². The summed E-state index contributed by atoms with van der Waals surface area (Å²) in [7, 11) is 0. The molecule has 0 aromatic rings. The molecule has 3 unspecified atom stereocenters. The predicted octanol–water partition coefficient (Wildman–Crippen LogP) is 1.78. The minimum atomic E-state index is 0.0894. The van der Waals surface area contributed by atoms with Gasteiger partial charge in [0, 0.05) is 12.6 Å². The van der Waals surface area contributed by atoms with Crippen LogP contribution in [0.3, 0.4) is 0 Å². The van der Waals surface area contributed by atoms with Gasteiger partial charge in [-0.25, -0.2) is 0 Å². The van der Waals surface area contributed by atoms with E-state index in [0.29, 0.717) is 17.9 Å². The van der Waals surface area contributed by atoms with Gasteiger partial charge in [0.2, 0.25) is 5.91 Å². The van der Waals surface area contributed by atoms with Crippen molar-refractivity contribution in [1.29, 1.82) is 0 Å². The molecule has 0 aromatic carbocycles. The van der Waals surface area contributed by atoms with Crippen LogP contribution in [0.15, 0.2) is 0 Å². The highest BCUT2D eigenvalue weighted by atomic mass is 16.2. The summed E-state index contributed by atoms with van der Waals surface area (Å²) >= 11 is 0. The highest BCUT2D eigenvalue weighted by molar-refractivity contribution is 5.83. The molecule has 0 bridgehead atoms. The van der Waals surface area contributed by atoms with Crippen LogP contribution in [0.25, 0.3) is 0 Å². The third kappa shape index (κ3) is 2.24. The molecule has 1 saturated heterocycles. The smallest absolute Gasteiger partial charge is 0.239 e. The second-order valence-corrected chi connectivity index (χ2v) is 5.26. The van der Waals surface area contributed by atoms with Crippen LogP contribution >= 0.6 is 0 Å². The van der Waals surface area contributed by atoms with Crippen LogP contribution < -0.4 is 5.32 Å². The summed E-state index contributed by atoms with van der Waals surface area (Å²) in [6, 6.07) is 0.612. The van der Waals surface area contributed by atoms with Gasteiger partial charge in [-0.05, 0) is 38.1 Å². The lowest BCUT2D eigenvalue weighted by Crippen LogP contribution is -2.54. The molecule has 2 aliphatic rings. The Morgan fingerprint density at radius 3 is 2.75 bits per heavy atom. The van der Waals surface area contributed by atoms with Gasteiger partial charge < -0.3 is 10.2 Å². The topological polar surface area (TPSA) is 32.3 Å². The number of nitrogens with one attached hydrogen (secondary N) is 1.